The Labute approximate surface area is 201 Å². The number of halogens is 4. The fourth-order valence-electron chi connectivity index (χ4n) is 4.15. The molecular formula is C24H29ClF3N3O3. The van der Waals surface area contributed by atoms with E-state index in [0.717, 1.165) is 0 Å². The van der Waals surface area contributed by atoms with Gasteiger partial charge in [0.15, 0.2) is 0 Å². The first-order valence-electron chi connectivity index (χ1n) is 11.1. The van der Waals surface area contributed by atoms with Gasteiger partial charge >= 0.3 is 12.3 Å². The summed E-state index contributed by atoms with van der Waals surface area (Å²) in [5, 5.41) is 0.481. The lowest BCUT2D eigenvalue weighted by Gasteiger charge is -2.31. The van der Waals surface area contributed by atoms with Crippen LogP contribution in [0, 0.1) is 12.8 Å². The largest absolute Gasteiger partial charge is 0.443 e. The number of hydrogen-bond acceptors (Lipinski definition) is 4. The number of ether oxygens (including phenoxy) is 1. The summed E-state index contributed by atoms with van der Waals surface area (Å²) < 4.78 is 46.5. The lowest BCUT2D eigenvalue weighted by molar-refractivity contribution is -0.182. The number of amides is 1. The molecule has 0 aliphatic heterocycles. The van der Waals surface area contributed by atoms with Crippen LogP contribution < -0.4 is 10.5 Å². The molecule has 10 heteroatoms. The second-order valence-corrected chi connectivity index (χ2v) is 10.1. The van der Waals surface area contributed by atoms with E-state index < -0.39 is 29.3 Å². The number of benzene rings is 1. The first-order valence-corrected chi connectivity index (χ1v) is 11.5. The quantitative estimate of drug-likeness (QED) is 0.490. The molecule has 3 rings (SSSR count). The van der Waals surface area contributed by atoms with E-state index in [1.165, 1.54) is 16.5 Å². The third-order valence-electron chi connectivity index (χ3n) is 5.93. The maximum absolute atomic E-state index is 13.5. The number of anilines is 1. The highest BCUT2D eigenvalue weighted by atomic mass is 35.5. The van der Waals surface area contributed by atoms with Gasteiger partial charge in [0.2, 0.25) is 0 Å². The summed E-state index contributed by atoms with van der Waals surface area (Å²) in [6, 6.07) is 6.58. The normalized spacial score (nSPS) is 19.1. The van der Waals surface area contributed by atoms with Crippen molar-refractivity contribution in [2.24, 2.45) is 5.92 Å². The van der Waals surface area contributed by atoms with Crippen molar-refractivity contribution >= 4 is 23.5 Å². The highest BCUT2D eigenvalue weighted by molar-refractivity contribution is 6.30. The fraction of sp³-hybridized carbons (Fsp3) is 0.542. The molecule has 0 N–H and O–H groups in total. The van der Waals surface area contributed by atoms with Gasteiger partial charge in [0.25, 0.3) is 5.56 Å². The van der Waals surface area contributed by atoms with E-state index in [2.05, 4.69) is 4.98 Å². The van der Waals surface area contributed by atoms with Crippen LogP contribution in [-0.4, -0.2) is 34.5 Å². The smallest absolute Gasteiger partial charge is 0.415 e. The van der Waals surface area contributed by atoms with E-state index >= 15 is 0 Å². The number of alkyl halides is 3. The highest BCUT2D eigenvalue weighted by Gasteiger charge is 2.42. The molecule has 0 bridgehead atoms. The molecule has 1 aliphatic rings. The third-order valence-corrected chi connectivity index (χ3v) is 6.19. The maximum Gasteiger partial charge on any atom is 0.415 e. The summed E-state index contributed by atoms with van der Waals surface area (Å²) in [7, 11) is 1.46. The standard InChI is InChI=1S/C24H29ClF3N3O3/c1-14-19(30(5)22(33)34-23(2,3)4)29-20(15-6-8-16(9-7-15)24(26,27)28)31(21(14)32)18-12-10-17(25)11-13-18/h10-13,15-16H,6-9H2,1-5H3. The van der Waals surface area contributed by atoms with Crippen LogP contribution in [0.1, 0.15) is 63.8 Å². The van der Waals surface area contributed by atoms with E-state index in [1.54, 1.807) is 52.0 Å². The summed E-state index contributed by atoms with van der Waals surface area (Å²) >= 11 is 6.00. The van der Waals surface area contributed by atoms with Crippen molar-refractivity contribution in [2.75, 3.05) is 11.9 Å². The zero-order chi connectivity index (χ0) is 25.4. The lowest BCUT2D eigenvalue weighted by atomic mass is 9.81. The van der Waals surface area contributed by atoms with Crippen LogP contribution in [0.2, 0.25) is 5.02 Å². The predicted molar refractivity (Wildman–Crippen MR) is 125 cm³/mol. The van der Waals surface area contributed by atoms with Crippen LogP contribution in [0.15, 0.2) is 29.1 Å². The molecule has 1 amide bonds. The fourth-order valence-corrected chi connectivity index (χ4v) is 4.27. The maximum atomic E-state index is 13.5. The number of nitrogens with zero attached hydrogens (tertiary/aromatic N) is 3. The Bertz CT molecular complexity index is 1100. The Hall–Kier alpha value is -2.55. The Kier molecular flexibility index (Phi) is 7.36. The zero-order valence-electron chi connectivity index (χ0n) is 19.9. The number of carbonyl (C=O) groups excluding carboxylic acids is 1. The van der Waals surface area contributed by atoms with Crippen LogP contribution >= 0.6 is 11.6 Å². The van der Waals surface area contributed by atoms with Crippen LogP contribution in [-0.2, 0) is 4.74 Å². The minimum Gasteiger partial charge on any atom is -0.443 e. The number of hydrogen-bond donors (Lipinski definition) is 0. The Morgan fingerprint density at radius 3 is 2.18 bits per heavy atom. The Balaban J connectivity index is 2.10. The summed E-state index contributed by atoms with van der Waals surface area (Å²) in [6.45, 7) is 6.73. The van der Waals surface area contributed by atoms with Crippen LogP contribution in [0.25, 0.3) is 5.69 Å². The zero-order valence-corrected chi connectivity index (χ0v) is 20.6. The summed E-state index contributed by atoms with van der Waals surface area (Å²) in [5.41, 5.74) is -0.438. The molecule has 1 aromatic carbocycles. The summed E-state index contributed by atoms with van der Waals surface area (Å²) in [4.78, 5) is 32.0. The average Bonchev–Trinajstić information content (AvgIpc) is 2.74. The SMILES string of the molecule is Cc1c(N(C)C(=O)OC(C)(C)C)nc(C2CCC(C(F)(F)F)CC2)n(-c2ccc(Cl)cc2)c1=O. The van der Waals surface area contributed by atoms with Crippen molar-refractivity contribution in [1.82, 2.24) is 9.55 Å². The van der Waals surface area contributed by atoms with Gasteiger partial charge in [0.1, 0.15) is 17.2 Å². The van der Waals surface area contributed by atoms with Crippen molar-refractivity contribution < 1.29 is 22.7 Å². The Morgan fingerprint density at radius 1 is 1.12 bits per heavy atom. The summed E-state index contributed by atoms with van der Waals surface area (Å²) in [5.74, 6) is -1.30. The van der Waals surface area contributed by atoms with E-state index in [9.17, 15) is 22.8 Å². The van der Waals surface area contributed by atoms with E-state index in [0.29, 0.717) is 16.5 Å². The molecule has 1 aliphatic carbocycles. The molecule has 34 heavy (non-hydrogen) atoms. The summed E-state index contributed by atoms with van der Waals surface area (Å²) in [6.07, 6.45) is -4.57. The minimum absolute atomic E-state index is 0.0459. The lowest BCUT2D eigenvalue weighted by Crippen LogP contribution is -2.38. The molecule has 0 radical (unpaired) electrons. The van der Waals surface area contributed by atoms with Crippen LogP contribution in [0.5, 0.6) is 0 Å². The third kappa shape index (κ3) is 5.74. The van der Waals surface area contributed by atoms with Crippen molar-refractivity contribution in [3.8, 4) is 5.69 Å². The number of rotatable bonds is 3. The minimum atomic E-state index is -4.25. The topological polar surface area (TPSA) is 64.4 Å². The molecule has 1 fully saturated rings. The number of aromatic nitrogens is 2. The molecule has 2 aromatic rings. The number of carbonyl (C=O) groups is 1. The monoisotopic (exact) mass is 499 g/mol. The molecule has 1 saturated carbocycles. The van der Waals surface area contributed by atoms with Crippen LogP contribution in [0.3, 0.4) is 0 Å². The van der Waals surface area contributed by atoms with Gasteiger partial charge in [-0.25, -0.2) is 9.78 Å². The molecule has 186 valence electrons. The van der Waals surface area contributed by atoms with Crippen LogP contribution in [0.4, 0.5) is 23.8 Å². The van der Waals surface area contributed by atoms with Crippen molar-refractivity contribution in [3.05, 3.63) is 51.0 Å². The molecule has 0 saturated heterocycles. The van der Waals surface area contributed by atoms with Gasteiger partial charge in [-0.05, 0) is 77.6 Å². The highest BCUT2D eigenvalue weighted by Crippen LogP contribution is 2.43. The molecule has 6 nitrogen and oxygen atoms in total. The van der Waals surface area contributed by atoms with Gasteiger partial charge < -0.3 is 4.74 Å². The van der Waals surface area contributed by atoms with Gasteiger partial charge in [-0.15, -0.1) is 0 Å². The van der Waals surface area contributed by atoms with Gasteiger partial charge in [-0.1, -0.05) is 11.6 Å². The molecular weight excluding hydrogens is 471 g/mol. The molecule has 1 aromatic heterocycles. The van der Waals surface area contributed by atoms with Crippen molar-refractivity contribution in [3.63, 3.8) is 0 Å². The van der Waals surface area contributed by atoms with Crippen molar-refractivity contribution in [1.29, 1.82) is 0 Å². The van der Waals surface area contributed by atoms with Gasteiger partial charge in [-0.2, -0.15) is 13.2 Å². The first kappa shape index (κ1) is 26.1. The van der Waals surface area contributed by atoms with E-state index in [1.807, 2.05) is 0 Å². The Morgan fingerprint density at radius 2 is 1.68 bits per heavy atom. The van der Waals surface area contributed by atoms with Crippen molar-refractivity contribution in [2.45, 2.75) is 71.1 Å². The van der Waals surface area contributed by atoms with E-state index in [-0.39, 0.29) is 43.0 Å². The van der Waals surface area contributed by atoms with Gasteiger partial charge in [0, 0.05) is 18.0 Å². The average molecular weight is 500 g/mol. The molecule has 0 atom stereocenters. The predicted octanol–water partition coefficient (Wildman–Crippen LogP) is 6.40. The molecule has 0 spiro atoms. The molecule has 0 unspecified atom stereocenters. The first-order chi connectivity index (χ1) is 15.7. The second kappa shape index (κ2) is 9.60. The van der Waals surface area contributed by atoms with E-state index in [4.69, 9.17) is 16.3 Å². The van der Waals surface area contributed by atoms with Gasteiger partial charge in [-0.3, -0.25) is 14.3 Å². The molecule has 1 heterocycles. The van der Waals surface area contributed by atoms with Gasteiger partial charge in [0.05, 0.1) is 17.2 Å². The second-order valence-electron chi connectivity index (χ2n) is 9.67.